The van der Waals surface area contributed by atoms with Gasteiger partial charge in [-0.05, 0) is 55.5 Å². The van der Waals surface area contributed by atoms with Crippen LogP contribution in [0.2, 0.25) is 0 Å². The third kappa shape index (κ3) is 4.45. The fourth-order valence-corrected chi connectivity index (χ4v) is 3.72. The Bertz CT molecular complexity index is 428. The maximum absolute atomic E-state index is 11.5. The third-order valence-electron chi connectivity index (χ3n) is 3.20. The zero-order valence-electron chi connectivity index (χ0n) is 11.2. The lowest BCUT2D eigenvalue weighted by molar-refractivity contribution is 0.0699. The maximum atomic E-state index is 11.5. The van der Waals surface area contributed by atoms with E-state index >= 15 is 0 Å². The van der Waals surface area contributed by atoms with Gasteiger partial charge in [0.2, 0.25) is 0 Å². The minimum absolute atomic E-state index is 0.0541. The van der Waals surface area contributed by atoms with Crippen LogP contribution in [0, 0.1) is 0 Å². The molecule has 0 radical (unpaired) electrons. The van der Waals surface area contributed by atoms with Gasteiger partial charge in [0.25, 0.3) is 0 Å². The van der Waals surface area contributed by atoms with Crippen LogP contribution in [-0.4, -0.2) is 23.2 Å². The Kier molecular flexibility index (Phi) is 5.21. The number of carbonyl (C=O) groups excluding carboxylic acids is 1. The zero-order valence-corrected chi connectivity index (χ0v) is 13.6. The molecule has 0 unspecified atom stereocenters. The van der Waals surface area contributed by atoms with E-state index in [1.165, 1.54) is 5.01 Å². The third-order valence-corrected chi connectivity index (χ3v) is 4.84. The number of halogens is 1. The lowest BCUT2D eigenvalue weighted by Gasteiger charge is -2.27. The summed E-state index contributed by atoms with van der Waals surface area (Å²) in [6.07, 6.45) is 5.55. The fourth-order valence-electron chi connectivity index (χ4n) is 2.30. The molecule has 6 heteroatoms. The molecule has 1 N–H and O–H groups in total. The number of hydrogen-bond acceptors (Lipinski definition) is 4. The van der Waals surface area contributed by atoms with Crippen molar-refractivity contribution in [3.05, 3.63) is 15.0 Å². The van der Waals surface area contributed by atoms with E-state index in [0.717, 1.165) is 29.5 Å². The standard InChI is InChI=1S/C13H19BrN2O2S/c1-8(2)16-13(17)18-10-5-3-9(4-6-10)12-15-7-11(14)19-12/h7-10H,3-6H2,1-2H3,(H,16,17)/t9-,10-. The first-order valence-electron chi connectivity index (χ1n) is 6.63. The Balaban J connectivity index is 1.78. The van der Waals surface area contributed by atoms with E-state index in [9.17, 15) is 4.79 Å². The van der Waals surface area contributed by atoms with Gasteiger partial charge in [0.05, 0.1) is 15.0 Å². The van der Waals surface area contributed by atoms with Crippen LogP contribution < -0.4 is 5.32 Å². The lowest BCUT2D eigenvalue weighted by atomic mass is 9.88. The van der Waals surface area contributed by atoms with E-state index in [1.54, 1.807) is 11.3 Å². The van der Waals surface area contributed by atoms with Crippen molar-refractivity contribution in [1.82, 2.24) is 10.3 Å². The molecule has 1 aliphatic carbocycles. The van der Waals surface area contributed by atoms with Gasteiger partial charge < -0.3 is 10.1 Å². The highest BCUT2D eigenvalue weighted by molar-refractivity contribution is 9.11. The van der Waals surface area contributed by atoms with Crippen molar-refractivity contribution >= 4 is 33.4 Å². The molecule has 1 aliphatic rings. The van der Waals surface area contributed by atoms with Crippen molar-refractivity contribution in [2.75, 3.05) is 0 Å². The first-order chi connectivity index (χ1) is 9.04. The Labute approximate surface area is 126 Å². The predicted octanol–water partition coefficient (Wildman–Crippen LogP) is 4.07. The molecule has 1 fully saturated rings. The highest BCUT2D eigenvalue weighted by Crippen LogP contribution is 2.36. The Morgan fingerprint density at radius 2 is 2.16 bits per heavy atom. The minimum Gasteiger partial charge on any atom is -0.446 e. The van der Waals surface area contributed by atoms with Crippen LogP contribution in [0.15, 0.2) is 9.98 Å². The number of hydrogen-bond donors (Lipinski definition) is 1. The van der Waals surface area contributed by atoms with Crippen LogP contribution in [-0.2, 0) is 4.74 Å². The van der Waals surface area contributed by atoms with Crippen LogP contribution in [0.3, 0.4) is 0 Å². The first-order valence-corrected chi connectivity index (χ1v) is 8.24. The summed E-state index contributed by atoms with van der Waals surface area (Å²) in [5, 5.41) is 3.95. The molecule has 1 saturated carbocycles. The molecular formula is C13H19BrN2O2S. The second-order valence-corrected chi connectivity index (χ2v) is 7.62. The van der Waals surface area contributed by atoms with Gasteiger partial charge in [-0.2, -0.15) is 0 Å². The number of amides is 1. The number of rotatable bonds is 3. The summed E-state index contributed by atoms with van der Waals surface area (Å²) < 4.78 is 6.50. The second kappa shape index (κ2) is 6.70. The number of ether oxygens (including phenoxy) is 1. The number of aromatic nitrogens is 1. The monoisotopic (exact) mass is 346 g/mol. The van der Waals surface area contributed by atoms with Gasteiger partial charge in [-0.25, -0.2) is 9.78 Å². The molecule has 0 aliphatic heterocycles. The largest absolute Gasteiger partial charge is 0.446 e. The molecular weight excluding hydrogens is 328 g/mol. The van der Waals surface area contributed by atoms with Crippen molar-refractivity contribution in [2.45, 2.75) is 57.6 Å². The minimum atomic E-state index is -0.296. The zero-order chi connectivity index (χ0) is 13.8. The normalized spacial score (nSPS) is 23.4. The summed E-state index contributed by atoms with van der Waals surface area (Å²) in [5.41, 5.74) is 0. The molecule has 1 aromatic heterocycles. The number of thiazole rings is 1. The molecule has 0 saturated heterocycles. The second-order valence-electron chi connectivity index (χ2n) is 5.18. The molecule has 1 heterocycles. The van der Waals surface area contributed by atoms with E-state index < -0.39 is 0 Å². The Morgan fingerprint density at radius 3 is 2.68 bits per heavy atom. The molecule has 1 aromatic rings. The summed E-state index contributed by atoms with van der Waals surface area (Å²) in [5.74, 6) is 0.518. The van der Waals surface area contributed by atoms with Gasteiger partial charge in [-0.15, -0.1) is 11.3 Å². The summed E-state index contributed by atoms with van der Waals surface area (Å²) >= 11 is 5.15. The Morgan fingerprint density at radius 1 is 1.47 bits per heavy atom. The fraction of sp³-hybridized carbons (Fsp3) is 0.692. The SMILES string of the molecule is CC(C)NC(=O)O[C@H]1CC[C@H](c2ncc(Br)s2)CC1. The van der Waals surface area contributed by atoms with Gasteiger partial charge >= 0.3 is 6.09 Å². The van der Waals surface area contributed by atoms with E-state index in [2.05, 4.69) is 26.2 Å². The summed E-state index contributed by atoms with van der Waals surface area (Å²) in [7, 11) is 0. The molecule has 0 spiro atoms. The molecule has 0 atom stereocenters. The number of nitrogens with zero attached hydrogens (tertiary/aromatic N) is 1. The van der Waals surface area contributed by atoms with Crippen molar-refractivity contribution < 1.29 is 9.53 Å². The van der Waals surface area contributed by atoms with Crippen molar-refractivity contribution in [2.24, 2.45) is 0 Å². The predicted molar refractivity (Wildman–Crippen MR) is 79.6 cm³/mol. The van der Waals surface area contributed by atoms with Gasteiger partial charge in [0.1, 0.15) is 6.10 Å². The highest BCUT2D eigenvalue weighted by atomic mass is 79.9. The lowest BCUT2D eigenvalue weighted by Crippen LogP contribution is -2.34. The van der Waals surface area contributed by atoms with Crippen LogP contribution >= 0.6 is 27.3 Å². The summed E-state index contributed by atoms with van der Waals surface area (Å²) in [6, 6.07) is 0.122. The molecule has 1 amide bonds. The maximum Gasteiger partial charge on any atom is 0.407 e. The summed E-state index contributed by atoms with van der Waals surface area (Å²) in [6.45, 7) is 3.86. The smallest absolute Gasteiger partial charge is 0.407 e. The molecule has 4 nitrogen and oxygen atoms in total. The Hall–Kier alpha value is -0.620. The van der Waals surface area contributed by atoms with Crippen LogP contribution in [0.1, 0.15) is 50.5 Å². The number of nitrogens with one attached hydrogen (secondary N) is 1. The van der Waals surface area contributed by atoms with Gasteiger partial charge in [-0.1, -0.05) is 0 Å². The van der Waals surface area contributed by atoms with Crippen LogP contribution in [0.5, 0.6) is 0 Å². The number of alkyl carbamates (subject to hydrolysis) is 1. The van der Waals surface area contributed by atoms with Gasteiger partial charge in [-0.3, -0.25) is 0 Å². The number of carbonyl (C=O) groups is 1. The van der Waals surface area contributed by atoms with Gasteiger partial charge in [0, 0.05) is 12.0 Å². The average molecular weight is 347 g/mol. The van der Waals surface area contributed by atoms with Gasteiger partial charge in [0.15, 0.2) is 0 Å². The van der Waals surface area contributed by atoms with Crippen molar-refractivity contribution in [3.8, 4) is 0 Å². The van der Waals surface area contributed by atoms with Crippen LogP contribution in [0.25, 0.3) is 0 Å². The van der Waals surface area contributed by atoms with E-state index in [1.807, 2.05) is 20.0 Å². The molecule has 106 valence electrons. The molecule has 19 heavy (non-hydrogen) atoms. The van der Waals surface area contributed by atoms with E-state index in [4.69, 9.17) is 4.74 Å². The quantitative estimate of drug-likeness (QED) is 0.897. The van der Waals surface area contributed by atoms with Crippen LogP contribution in [0.4, 0.5) is 4.79 Å². The first kappa shape index (κ1) is 14.8. The molecule has 0 aromatic carbocycles. The topological polar surface area (TPSA) is 51.2 Å². The summed E-state index contributed by atoms with van der Waals surface area (Å²) in [4.78, 5) is 15.9. The van der Waals surface area contributed by atoms with E-state index in [-0.39, 0.29) is 18.2 Å². The average Bonchev–Trinajstić information content (AvgIpc) is 2.75. The molecule has 0 bridgehead atoms. The highest BCUT2D eigenvalue weighted by Gasteiger charge is 2.26. The van der Waals surface area contributed by atoms with Crippen molar-refractivity contribution in [1.29, 1.82) is 0 Å². The van der Waals surface area contributed by atoms with Crippen molar-refractivity contribution in [3.63, 3.8) is 0 Å². The molecule has 2 rings (SSSR count). The van der Waals surface area contributed by atoms with E-state index in [0.29, 0.717) is 5.92 Å².